The van der Waals surface area contributed by atoms with E-state index in [0.717, 1.165) is 22.1 Å². The van der Waals surface area contributed by atoms with Crippen molar-refractivity contribution >= 4 is 39.9 Å². The number of H-pyrrole nitrogens is 2. The molecule has 0 saturated carbocycles. The number of aliphatic hydroxyl groups excluding tert-OH is 1. The SMILES string of the molecule is CCOC(=O)C1=CC(=CNNc2nc3ccccc3[nH]2)C(O)C(=CNNc2nc3ccccc3[nH]2)C1. The van der Waals surface area contributed by atoms with Crippen LogP contribution in [0.2, 0.25) is 0 Å². The van der Waals surface area contributed by atoms with E-state index < -0.39 is 12.1 Å². The molecule has 1 aliphatic carbocycles. The number of benzene rings is 2. The zero-order chi connectivity index (χ0) is 24.9. The number of carbonyl (C=O) groups excluding carboxylic acids is 1. The van der Waals surface area contributed by atoms with Crippen LogP contribution in [-0.4, -0.2) is 43.7 Å². The second kappa shape index (κ2) is 10.2. The molecule has 2 aromatic heterocycles. The van der Waals surface area contributed by atoms with Gasteiger partial charge in [-0.1, -0.05) is 24.3 Å². The molecule has 36 heavy (non-hydrogen) atoms. The number of anilines is 2. The standard InChI is InChI=1S/C25H26N8O3/c1-2-36-23(35)15-11-16(13-26-32-24-28-18-7-3-4-8-19(18)29-24)22(34)17(12-15)14-27-33-25-30-20-9-5-6-10-21(20)31-25/h3-11,13-14,22,26-27,34H,2,12H2,1H3,(H2,28,29,32)(H2,30,31,33). The maximum atomic E-state index is 12.5. The number of nitrogens with zero attached hydrogens (tertiary/aromatic N) is 2. The monoisotopic (exact) mass is 486 g/mol. The summed E-state index contributed by atoms with van der Waals surface area (Å²) in [5.41, 5.74) is 16.7. The topological polar surface area (TPSA) is 152 Å². The molecule has 11 nitrogen and oxygen atoms in total. The predicted molar refractivity (Wildman–Crippen MR) is 137 cm³/mol. The Morgan fingerprint density at radius 1 is 1.00 bits per heavy atom. The Kier molecular flexibility index (Phi) is 6.54. The molecule has 4 aromatic rings. The molecule has 7 N–H and O–H groups in total. The number of aliphatic hydroxyl groups is 1. The van der Waals surface area contributed by atoms with Gasteiger partial charge in [0.05, 0.1) is 28.7 Å². The number of fused-ring (bicyclic) bond motifs is 2. The molecule has 0 fully saturated rings. The van der Waals surface area contributed by atoms with E-state index in [1.807, 2.05) is 48.5 Å². The summed E-state index contributed by atoms with van der Waals surface area (Å²) in [6.07, 6.45) is 4.09. The van der Waals surface area contributed by atoms with Gasteiger partial charge in [-0.15, -0.1) is 0 Å². The minimum absolute atomic E-state index is 0.225. The van der Waals surface area contributed by atoms with Crippen LogP contribution in [0.1, 0.15) is 13.3 Å². The lowest BCUT2D eigenvalue weighted by atomic mass is 9.89. The maximum absolute atomic E-state index is 12.5. The van der Waals surface area contributed by atoms with E-state index in [2.05, 4.69) is 41.6 Å². The summed E-state index contributed by atoms with van der Waals surface area (Å²) in [6.45, 7) is 2.01. The van der Waals surface area contributed by atoms with Crippen molar-refractivity contribution in [1.82, 2.24) is 30.8 Å². The van der Waals surface area contributed by atoms with Crippen molar-refractivity contribution in [3.8, 4) is 0 Å². The second-order valence-electron chi connectivity index (χ2n) is 8.08. The molecule has 1 aliphatic rings. The molecule has 0 spiro atoms. The average Bonchev–Trinajstić information content (AvgIpc) is 3.49. The van der Waals surface area contributed by atoms with Gasteiger partial charge < -0.3 is 30.7 Å². The van der Waals surface area contributed by atoms with E-state index in [9.17, 15) is 9.90 Å². The second-order valence-corrected chi connectivity index (χ2v) is 8.08. The molecule has 0 aliphatic heterocycles. The molecule has 184 valence electrons. The molecular weight excluding hydrogens is 460 g/mol. The summed E-state index contributed by atoms with van der Waals surface area (Å²) in [5.74, 6) is 0.601. The molecule has 2 heterocycles. The molecule has 2 aromatic carbocycles. The first-order valence-electron chi connectivity index (χ1n) is 11.5. The van der Waals surface area contributed by atoms with Gasteiger partial charge in [-0.25, -0.2) is 14.8 Å². The number of hydrogen-bond acceptors (Lipinski definition) is 9. The third kappa shape index (κ3) is 5.00. The van der Waals surface area contributed by atoms with Gasteiger partial charge in [0.25, 0.3) is 0 Å². The largest absolute Gasteiger partial charge is 0.463 e. The lowest BCUT2D eigenvalue weighted by molar-refractivity contribution is -0.138. The fourth-order valence-corrected chi connectivity index (χ4v) is 3.88. The fraction of sp³-hybridized carbons (Fsp3) is 0.160. The van der Waals surface area contributed by atoms with E-state index >= 15 is 0 Å². The highest BCUT2D eigenvalue weighted by Crippen LogP contribution is 2.28. The minimum Gasteiger partial charge on any atom is -0.463 e. The van der Waals surface area contributed by atoms with Crippen LogP contribution in [-0.2, 0) is 9.53 Å². The van der Waals surface area contributed by atoms with Gasteiger partial charge in [-0.05, 0) is 42.8 Å². The molecule has 5 rings (SSSR count). The summed E-state index contributed by atoms with van der Waals surface area (Å²) < 4.78 is 5.18. The molecule has 1 unspecified atom stereocenters. The minimum atomic E-state index is -0.960. The highest BCUT2D eigenvalue weighted by Gasteiger charge is 2.26. The number of esters is 1. The Balaban J connectivity index is 1.30. The lowest BCUT2D eigenvalue weighted by Crippen LogP contribution is -2.27. The van der Waals surface area contributed by atoms with Gasteiger partial charge in [-0.2, -0.15) is 0 Å². The molecule has 11 heteroatoms. The molecular formula is C25H26N8O3. The first-order valence-corrected chi connectivity index (χ1v) is 11.5. The van der Waals surface area contributed by atoms with Crippen LogP contribution >= 0.6 is 0 Å². The highest BCUT2D eigenvalue weighted by atomic mass is 16.5. The zero-order valence-electron chi connectivity index (χ0n) is 19.5. The highest BCUT2D eigenvalue weighted by molar-refractivity contribution is 5.90. The van der Waals surface area contributed by atoms with E-state index in [1.165, 1.54) is 0 Å². The van der Waals surface area contributed by atoms with Crippen molar-refractivity contribution in [3.63, 3.8) is 0 Å². The maximum Gasteiger partial charge on any atom is 0.334 e. The number of rotatable bonds is 8. The van der Waals surface area contributed by atoms with Gasteiger partial charge >= 0.3 is 5.97 Å². The van der Waals surface area contributed by atoms with Gasteiger partial charge in [-0.3, -0.25) is 10.9 Å². The number of aromatic nitrogens is 4. The molecule has 1 atom stereocenters. The van der Waals surface area contributed by atoms with Crippen LogP contribution in [0, 0.1) is 0 Å². The van der Waals surface area contributed by atoms with E-state index in [-0.39, 0.29) is 13.0 Å². The number of imidazole rings is 2. The number of carbonyl (C=O) groups is 1. The predicted octanol–water partition coefficient (Wildman–Crippen LogP) is 2.99. The Bertz CT molecular complexity index is 1420. The first-order chi connectivity index (χ1) is 17.6. The smallest absolute Gasteiger partial charge is 0.334 e. The van der Waals surface area contributed by atoms with E-state index in [4.69, 9.17) is 4.74 Å². The van der Waals surface area contributed by atoms with Crippen LogP contribution in [0.15, 0.2) is 83.7 Å². The Morgan fingerprint density at radius 2 is 1.58 bits per heavy atom. The Hall–Kier alpha value is -4.77. The van der Waals surface area contributed by atoms with Crippen LogP contribution < -0.4 is 21.7 Å². The van der Waals surface area contributed by atoms with Crippen molar-refractivity contribution < 1.29 is 14.6 Å². The molecule has 0 amide bonds. The third-order valence-corrected chi connectivity index (χ3v) is 5.60. The summed E-state index contributed by atoms with van der Waals surface area (Å²) in [5, 5.41) is 11.0. The van der Waals surface area contributed by atoms with Crippen molar-refractivity contribution in [2.75, 3.05) is 17.5 Å². The Labute approximate surface area is 206 Å². The number of hydrazine groups is 2. The summed E-state index contributed by atoms with van der Waals surface area (Å²) in [4.78, 5) is 27.6. The van der Waals surface area contributed by atoms with Gasteiger partial charge in [0, 0.05) is 30.0 Å². The number of para-hydroxylation sites is 4. The molecule has 0 saturated heterocycles. The van der Waals surface area contributed by atoms with E-state index in [0.29, 0.717) is 28.6 Å². The van der Waals surface area contributed by atoms with E-state index in [1.54, 1.807) is 25.4 Å². The summed E-state index contributed by atoms with van der Waals surface area (Å²) >= 11 is 0. The van der Waals surface area contributed by atoms with Gasteiger partial charge in [0.1, 0.15) is 6.10 Å². The average molecular weight is 487 g/mol. The summed E-state index contributed by atoms with van der Waals surface area (Å²) in [7, 11) is 0. The quantitative estimate of drug-likeness (QED) is 0.147. The van der Waals surface area contributed by atoms with Gasteiger partial charge in [0.2, 0.25) is 11.9 Å². The van der Waals surface area contributed by atoms with Crippen molar-refractivity contribution in [2.24, 2.45) is 0 Å². The first kappa shape index (κ1) is 23.0. The number of ether oxygens (including phenoxy) is 1. The van der Waals surface area contributed by atoms with Crippen molar-refractivity contribution in [2.45, 2.75) is 19.4 Å². The number of hydrogen-bond donors (Lipinski definition) is 7. The summed E-state index contributed by atoms with van der Waals surface area (Å²) in [6, 6.07) is 15.3. The zero-order valence-corrected chi connectivity index (χ0v) is 19.5. The van der Waals surface area contributed by atoms with Crippen molar-refractivity contribution in [3.05, 3.63) is 83.7 Å². The lowest BCUT2D eigenvalue weighted by Gasteiger charge is -2.23. The third-order valence-electron chi connectivity index (χ3n) is 5.60. The number of aromatic amines is 2. The normalized spacial score (nSPS) is 17.8. The fourth-order valence-electron chi connectivity index (χ4n) is 3.88. The molecule has 0 radical (unpaired) electrons. The van der Waals surface area contributed by atoms with Crippen LogP contribution in [0.4, 0.5) is 11.9 Å². The molecule has 0 bridgehead atoms. The van der Waals surface area contributed by atoms with Crippen molar-refractivity contribution in [1.29, 1.82) is 0 Å². The van der Waals surface area contributed by atoms with Crippen LogP contribution in [0.3, 0.4) is 0 Å². The Morgan fingerprint density at radius 3 is 2.17 bits per heavy atom. The number of nitrogens with one attached hydrogen (secondary N) is 6. The van der Waals surface area contributed by atoms with Crippen LogP contribution in [0.5, 0.6) is 0 Å². The van der Waals surface area contributed by atoms with Crippen LogP contribution in [0.25, 0.3) is 22.1 Å². The van der Waals surface area contributed by atoms with Gasteiger partial charge in [0.15, 0.2) is 0 Å².